The van der Waals surface area contributed by atoms with Crippen molar-refractivity contribution in [3.63, 3.8) is 0 Å². The third-order valence-electron chi connectivity index (χ3n) is 4.95. The van der Waals surface area contributed by atoms with Crippen LogP contribution in [-0.2, 0) is 0 Å². The highest BCUT2D eigenvalue weighted by molar-refractivity contribution is 9.10. The highest BCUT2D eigenvalue weighted by atomic mass is 79.9. The second-order valence-electron chi connectivity index (χ2n) is 6.45. The van der Waals surface area contributed by atoms with Crippen molar-refractivity contribution in [2.45, 2.75) is 24.9 Å². The zero-order valence-electron chi connectivity index (χ0n) is 13.9. The second kappa shape index (κ2) is 7.03. The van der Waals surface area contributed by atoms with Crippen LogP contribution in [0.25, 0.3) is 0 Å². The Kier molecular flexibility index (Phi) is 4.60. The fourth-order valence-corrected chi connectivity index (χ4v) is 4.09. The van der Waals surface area contributed by atoms with Crippen LogP contribution in [-0.4, -0.2) is 46.6 Å². The van der Waals surface area contributed by atoms with Crippen molar-refractivity contribution >= 4 is 27.6 Å². The SMILES string of the molecule is Nc1nccnc1N1CCN2[C@@H](CC[C@@H]2C#Cc2ccccc2Br)C1. The van der Waals surface area contributed by atoms with Crippen molar-refractivity contribution in [3.8, 4) is 11.8 Å². The average molecular weight is 398 g/mol. The molecule has 0 unspecified atom stereocenters. The van der Waals surface area contributed by atoms with Gasteiger partial charge in [0.25, 0.3) is 0 Å². The van der Waals surface area contributed by atoms with Gasteiger partial charge in [-0.25, -0.2) is 9.97 Å². The third-order valence-corrected chi connectivity index (χ3v) is 5.65. The second-order valence-corrected chi connectivity index (χ2v) is 7.30. The Morgan fingerprint density at radius 2 is 1.96 bits per heavy atom. The van der Waals surface area contributed by atoms with Crippen LogP contribution in [0.15, 0.2) is 41.1 Å². The number of nitrogens with zero attached hydrogens (tertiary/aromatic N) is 4. The number of aromatic nitrogens is 2. The molecule has 2 aliphatic rings. The van der Waals surface area contributed by atoms with Crippen LogP contribution in [0.3, 0.4) is 0 Å². The number of nitrogens with two attached hydrogens (primary N) is 1. The molecular formula is C19H20BrN5. The molecule has 0 amide bonds. The maximum Gasteiger partial charge on any atom is 0.171 e. The summed E-state index contributed by atoms with van der Waals surface area (Å²) in [7, 11) is 0. The maximum atomic E-state index is 5.99. The first-order chi connectivity index (χ1) is 12.2. The molecule has 2 aromatic rings. The Labute approximate surface area is 156 Å². The summed E-state index contributed by atoms with van der Waals surface area (Å²) in [5, 5.41) is 0. The van der Waals surface area contributed by atoms with Gasteiger partial charge < -0.3 is 10.6 Å². The lowest BCUT2D eigenvalue weighted by Gasteiger charge is -2.39. The largest absolute Gasteiger partial charge is 0.381 e. The summed E-state index contributed by atoms with van der Waals surface area (Å²) in [5.74, 6) is 8.15. The van der Waals surface area contributed by atoms with E-state index in [1.54, 1.807) is 12.4 Å². The number of hydrogen-bond acceptors (Lipinski definition) is 5. The van der Waals surface area contributed by atoms with Gasteiger partial charge in [-0.3, -0.25) is 4.90 Å². The van der Waals surface area contributed by atoms with E-state index in [2.05, 4.69) is 53.6 Å². The maximum absolute atomic E-state index is 5.99. The lowest BCUT2D eigenvalue weighted by atomic mass is 10.1. The molecule has 2 fully saturated rings. The van der Waals surface area contributed by atoms with Crippen molar-refractivity contribution in [1.29, 1.82) is 0 Å². The van der Waals surface area contributed by atoms with Crippen LogP contribution in [0.2, 0.25) is 0 Å². The summed E-state index contributed by atoms with van der Waals surface area (Å²) in [6.45, 7) is 2.83. The number of rotatable bonds is 1. The highest BCUT2D eigenvalue weighted by Crippen LogP contribution is 2.30. The fourth-order valence-electron chi connectivity index (χ4n) is 3.71. The Hall–Kier alpha value is -2.10. The molecule has 0 bridgehead atoms. The van der Waals surface area contributed by atoms with E-state index in [0.29, 0.717) is 17.9 Å². The minimum absolute atomic E-state index is 0.332. The molecule has 1 aromatic carbocycles. The summed E-state index contributed by atoms with van der Waals surface area (Å²) in [4.78, 5) is 13.4. The topological polar surface area (TPSA) is 58.3 Å². The Bertz CT molecular complexity index is 828. The van der Waals surface area contributed by atoms with Gasteiger partial charge in [0.05, 0.1) is 6.04 Å². The first kappa shape index (κ1) is 16.4. The van der Waals surface area contributed by atoms with Crippen molar-refractivity contribution in [2.24, 2.45) is 0 Å². The standard InChI is InChI=1S/C19H20BrN5/c20-17-4-2-1-3-14(17)5-6-15-7-8-16-13-24(11-12-25(15)16)19-18(21)22-9-10-23-19/h1-4,9-10,15-16H,7-8,11-13H2,(H2,21,22)/t15-,16-/m0/s1. The number of halogens is 1. The minimum atomic E-state index is 0.332. The van der Waals surface area contributed by atoms with E-state index in [0.717, 1.165) is 48.3 Å². The van der Waals surface area contributed by atoms with Gasteiger partial charge in [0.1, 0.15) is 0 Å². The van der Waals surface area contributed by atoms with Crippen LogP contribution in [0.4, 0.5) is 11.6 Å². The molecule has 0 radical (unpaired) electrons. The van der Waals surface area contributed by atoms with Crippen molar-refractivity contribution < 1.29 is 0 Å². The number of piperazine rings is 1. The molecule has 0 saturated carbocycles. The lowest BCUT2D eigenvalue weighted by molar-refractivity contribution is 0.203. The molecule has 2 aliphatic heterocycles. The van der Waals surface area contributed by atoms with Gasteiger partial charge >= 0.3 is 0 Å². The molecular weight excluding hydrogens is 378 g/mol. The average Bonchev–Trinajstić information content (AvgIpc) is 3.04. The van der Waals surface area contributed by atoms with Gasteiger partial charge in [-0.05, 0) is 40.9 Å². The number of anilines is 2. The summed E-state index contributed by atoms with van der Waals surface area (Å²) in [5.41, 5.74) is 7.04. The first-order valence-electron chi connectivity index (χ1n) is 8.55. The summed E-state index contributed by atoms with van der Waals surface area (Å²) >= 11 is 3.57. The predicted molar refractivity (Wildman–Crippen MR) is 103 cm³/mol. The Morgan fingerprint density at radius 1 is 1.12 bits per heavy atom. The minimum Gasteiger partial charge on any atom is -0.381 e. The van der Waals surface area contributed by atoms with Crippen molar-refractivity contribution in [2.75, 3.05) is 30.3 Å². The van der Waals surface area contributed by atoms with Gasteiger partial charge in [-0.15, -0.1) is 0 Å². The van der Waals surface area contributed by atoms with Crippen LogP contribution < -0.4 is 10.6 Å². The van der Waals surface area contributed by atoms with Gasteiger partial charge in [-0.1, -0.05) is 24.0 Å². The van der Waals surface area contributed by atoms with Gasteiger partial charge in [-0.2, -0.15) is 0 Å². The van der Waals surface area contributed by atoms with Gasteiger partial charge in [0.15, 0.2) is 11.6 Å². The zero-order chi connectivity index (χ0) is 17.2. The molecule has 0 aliphatic carbocycles. The molecule has 25 heavy (non-hydrogen) atoms. The van der Waals surface area contributed by atoms with Crippen LogP contribution in [0.1, 0.15) is 18.4 Å². The van der Waals surface area contributed by atoms with E-state index >= 15 is 0 Å². The lowest BCUT2D eigenvalue weighted by Crippen LogP contribution is -2.52. The number of fused-ring (bicyclic) bond motifs is 1. The molecule has 0 spiro atoms. The Balaban J connectivity index is 1.47. The normalized spacial score (nSPS) is 23.0. The van der Waals surface area contributed by atoms with Crippen LogP contribution in [0.5, 0.6) is 0 Å². The van der Waals surface area contributed by atoms with Crippen molar-refractivity contribution in [1.82, 2.24) is 14.9 Å². The number of nitrogen functional groups attached to an aromatic ring is 1. The molecule has 1 aromatic heterocycles. The van der Waals surface area contributed by atoms with E-state index in [9.17, 15) is 0 Å². The van der Waals surface area contributed by atoms with E-state index < -0.39 is 0 Å². The van der Waals surface area contributed by atoms with E-state index in [4.69, 9.17) is 5.73 Å². The molecule has 128 valence electrons. The fraction of sp³-hybridized carbons (Fsp3) is 0.368. The summed E-state index contributed by atoms with van der Waals surface area (Å²) < 4.78 is 1.06. The molecule has 5 nitrogen and oxygen atoms in total. The highest BCUT2D eigenvalue weighted by Gasteiger charge is 2.37. The first-order valence-corrected chi connectivity index (χ1v) is 9.35. The Morgan fingerprint density at radius 3 is 2.80 bits per heavy atom. The van der Waals surface area contributed by atoms with E-state index in [1.807, 2.05) is 18.2 Å². The molecule has 2 N–H and O–H groups in total. The molecule has 6 heteroatoms. The van der Waals surface area contributed by atoms with Crippen LogP contribution in [0, 0.1) is 11.8 Å². The molecule has 2 atom stereocenters. The van der Waals surface area contributed by atoms with Crippen molar-refractivity contribution in [3.05, 3.63) is 46.7 Å². The molecule has 2 saturated heterocycles. The van der Waals surface area contributed by atoms with Gasteiger partial charge in [0, 0.05) is 48.1 Å². The van der Waals surface area contributed by atoms with Gasteiger partial charge in [0.2, 0.25) is 0 Å². The predicted octanol–water partition coefficient (Wildman–Crippen LogP) is 2.53. The van der Waals surface area contributed by atoms with E-state index in [-0.39, 0.29) is 0 Å². The van der Waals surface area contributed by atoms with E-state index in [1.165, 1.54) is 0 Å². The van der Waals surface area contributed by atoms with Crippen LogP contribution >= 0.6 is 15.9 Å². The molecule has 3 heterocycles. The monoisotopic (exact) mass is 397 g/mol. The smallest absolute Gasteiger partial charge is 0.171 e. The quantitative estimate of drug-likeness (QED) is 0.749. The third kappa shape index (κ3) is 3.35. The zero-order valence-corrected chi connectivity index (χ0v) is 15.5. The molecule has 4 rings (SSSR count). The number of hydrogen-bond donors (Lipinski definition) is 1. The number of benzene rings is 1. The summed E-state index contributed by atoms with van der Waals surface area (Å²) in [6, 6.07) is 8.96. The summed E-state index contributed by atoms with van der Waals surface area (Å²) in [6.07, 6.45) is 5.62.